The van der Waals surface area contributed by atoms with Gasteiger partial charge in [-0.25, -0.2) is 0 Å². The van der Waals surface area contributed by atoms with E-state index >= 15 is 0 Å². The van der Waals surface area contributed by atoms with Gasteiger partial charge < -0.3 is 14.2 Å². The summed E-state index contributed by atoms with van der Waals surface area (Å²) in [7, 11) is 1.52. The standard InChI is InChI=1S/C11H12O4/c1-13-9-6-11-10(5-8(9)7-12)14-3-2-4-15-11/h5-7H,2-4H2,1H3. The number of benzene rings is 1. The molecule has 80 valence electrons. The number of rotatable bonds is 2. The number of methoxy groups -OCH3 is 1. The van der Waals surface area contributed by atoms with E-state index in [0.717, 1.165) is 12.7 Å². The predicted octanol–water partition coefficient (Wildman–Crippen LogP) is 1.67. The second-order valence-corrected chi connectivity index (χ2v) is 3.21. The van der Waals surface area contributed by atoms with E-state index in [-0.39, 0.29) is 0 Å². The highest BCUT2D eigenvalue weighted by Crippen LogP contribution is 2.35. The molecule has 0 spiro atoms. The lowest BCUT2D eigenvalue weighted by molar-refractivity contribution is 0.112. The normalized spacial score (nSPS) is 14.2. The summed E-state index contributed by atoms with van der Waals surface area (Å²) < 4.78 is 16.0. The number of carbonyl (C=O) groups is 1. The van der Waals surface area contributed by atoms with Gasteiger partial charge in [0.1, 0.15) is 5.75 Å². The van der Waals surface area contributed by atoms with Crippen molar-refractivity contribution < 1.29 is 19.0 Å². The molecule has 4 nitrogen and oxygen atoms in total. The van der Waals surface area contributed by atoms with Crippen LogP contribution in [0.4, 0.5) is 0 Å². The summed E-state index contributed by atoms with van der Waals surface area (Å²) in [5.41, 5.74) is 0.474. The van der Waals surface area contributed by atoms with Crippen molar-refractivity contribution in [1.82, 2.24) is 0 Å². The second-order valence-electron chi connectivity index (χ2n) is 3.21. The smallest absolute Gasteiger partial charge is 0.164 e. The van der Waals surface area contributed by atoms with E-state index in [1.54, 1.807) is 12.1 Å². The quantitative estimate of drug-likeness (QED) is 0.693. The SMILES string of the molecule is COc1cc2c(cc1C=O)OCCCO2. The Bertz CT molecular complexity index is 373. The van der Waals surface area contributed by atoms with Crippen LogP contribution < -0.4 is 14.2 Å². The molecule has 0 aliphatic carbocycles. The highest BCUT2D eigenvalue weighted by Gasteiger charge is 2.14. The predicted molar refractivity (Wildman–Crippen MR) is 54.0 cm³/mol. The third kappa shape index (κ3) is 1.88. The third-order valence-corrected chi connectivity index (χ3v) is 2.23. The average molecular weight is 208 g/mol. The maximum Gasteiger partial charge on any atom is 0.164 e. The number of hydrogen-bond acceptors (Lipinski definition) is 4. The van der Waals surface area contributed by atoms with Gasteiger partial charge in [-0.1, -0.05) is 0 Å². The largest absolute Gasteiger partial charge is 0.496 e. The number of carbonyl (C=O) groups excluding carboxylic acids is 1. The first kappa shape index (κ1) is 9.83. The molecule has 0 atom stereocenters. The van der Waals surface area contributed by atoms with Gasteiger partial charge in [-0.2, -0.15) is 0 Å². The monoisotopic (exact) mass is 208 g/mol. The lowest BCUT2D eigenvalue weighted by atomic mass is 10.2. The zero-order valence-electron chi connectivity index (χ0n) is 8.49. The first-order valence-corrected chi connectivity index (χ1v) is 4.78. The van der Waals surface area contributed by atoms with E-state index in [1.165, 1.54) is 7.11 Å². The Kier molecular flexibility index (Phi) is 2.76. The first-order valence-electron chi connectivity index (χ1n) is 4.78. The van der Waals surface area contributed by atoms with Crippen LogP contribution in [0.25, 0.3) is 0 Å². The molecule has 0 fully saturated rings. The average Bonchev–Trinajstić information content (AvgIpc) is 2.51. The van der Waals surface area contributed by atoms with Crippen LogP contribution in [0.5, 0.6) is 17.2 Å². The van der Waals surface area contributed by atoms with Gasteiger partial charge in [0.2, 0.25) is 0 Å². The Morgan fingerprint density at radius 3 is 2.53 bits per heavy atom. The van der Waals surface area contributed by atoms with Gasteiger partial charge in [0.25, 0.3) is 0 Å². The fourth-order valence-corrected chi connectivity index (χ4v) is 1.47. The van der Waals surface area contributed by atoms with E-state index in [0.29, 0.717) is 36.0 Å². The summed E-state index contributed by atoms with van der Waals surface area (Å²) in [6.07, 6.45) is 1.58. The molecule has 0 N–H and O–H groups in total. The number of fused-ring (bicyclic) bond motifs is 1. The minimum atomic E-state index is 0.474. The van der Waals surface area contributed by atoms with Crippen molar-refractivity contribution in [3.63, 3.8) is 0 Å². The third-order valence-electron chi connectivity index (χ3n) is 2.23. The van der Waals surface area contributed by atoms with Crippen molar-refractivity contribution in [2.75, 3.05) is 20.3 Å². The van der Waals surface area contributed by atoms with Gasteiger partial charge in [0.15, 0.2) is 17.8 Å². The molecular formula is C11H12O4. The molecule has 15 heavy (non-hydrogen) atoms. The molecule has 0 amide bonds. The van der Waals surface area contributed by atoms with Crippen LogP contribution in [0, 0.1) is 0 Å². The van der Waals surface area contributed by atoms with Crippen LogP contribution in [0.1, 0.15) is 16.8 Å². The lowest BCUT2D eigenvalue weighted by Gasteiger charge is -2.10. The van der Waals surface area contributed by atoms with Crippen LogP contribution in [-0.4, -0.2) is 26.6 Å². The molecule has 0 radical (unpaired) electrons. The Morgan fingerprint density at radius 2 is 1.93 bits per heavy atom. The second kappa shape index (κ2) is 4.21. The van der Waals surface area contributed by atoms with Crippen molar-refractivity contribution >= 4 is 6.29 Å². The van der Waals surface area contributed by atoms with Crippen LogP contribution in [0.2, 0.25) is 0 Å². The molecule has 0 bridgehead atoms. The molecule has 0 saturated heterocycles. The summed E-state index contributed by atoms with van der Waals surface area (Å²) in [5, 5.41) is 0. The van der Waals surface area contributed by atoms with E-state index in [1.807, 2.05) is 0 Å². The molecule has 1 aliphatic rings. The molecule has 1 aromatic rings. The summed E-state index contributed by atoms with van der Waals surface area (Å²) in [4.78, 5) is 10.8. The molecule has 1 aromatic carbocycles. The summed E-state index contributed by atoms with van der Waals surface area (Å²) in [5.74, 6) is 1.75. The van der Waals surface area contributed by atoms with Crippen LogP contribution in [0.3, 0.4) is 0 Å². The van der Waals surface area contributed by atoms with E-state index in [2.05, 4.69) is 0 Å². The maximum absolute atomic E-state index is 10.8. The fraction of sp³-hybridized carbons (Fsp3) is 0.364. The molecule has 0 saturated carbocycles. The number of aldehydes is 1. The van der Waals surface area contributed by atoms with E-state index < -0.39 is 0 Å². The van der Waals surface area contributed by atoms with Crippen LogP contribution >= 0.6 is 0 Å². The topological polar surface area (TPSA) is 44.8 Å². The Morgan fingerprint density at radius 1 is 1.27 bits per heavy atom. The Balaban J connectivity index is 2.45. The minimum Gasteiger partial charge on any atom is -0.496 e. The highest BCUT2D eigenvalue weighted by molar-refractivity contribution is 5.81. The zero-order valence-corrected chi connectivity index (χ0v) is 8.49. The molecule has 0 unspecified atom stereocenters. The molecule has 2 rings (SSSR count). The molecular weight excluding hydrogens is 196 g/mol. The van der Waals surface area contributed by atoms with Crippen LogP contribution in [0.15, 0.2) is 12.1 Å². The van der Waals surface area contributed by atoms with Crippen molar-refractivity contribution in [3.8, 4) is 17.2 Å². The van der Waals surface area contributed by atoms with Crippen LogP contribution in [-0.2, 0) is 0 Å². The summed E-state index contributed by atoms with van der Waals surface area (Å²) >= 11 is 0. The Labute approximate surface area is 87.8 Å². The van der Waals surface area contributed by atoms with E-state index in [4.69, 9.17) is 14.2 Å². The van der Waals surface area contributed by atoms with Gasteiger partial charge in [0, 0.05) is 12.5 Å². The lowest BCUT2D eigenvalue weighted by Crippen LogP contribution is -1.97. The fourth-order valence-electron chi connectivity index (χ4n) is 1.47. The van der Waals surface area contributed by atoms with Crippen molar-refractivity contribution in [2.45, 2.75) is 6.42 Å². The zero-order chi connectivity index (χ0) is 10.7. The highest BCUT2D eigenvalue weighted by atomic mass is 16.5. The van der Waals surface area contributed by atoms with Crippen molar-refractivity contribution in [2.24, 2.45) is 0 Å². The minimum absolute atomic E-state index is 0.474. The van der Waals surface area contributed by atoms with Crippen molar-refractivity contribution in [1.29, 1.82) is 0 Å². The van der Waals surface area contributed by atoms with Crippen molar-refractivity contribution in [3.05, 3.63) is 17.7 Å². The van der Waals surface area contributed by atoms with Gasteiger partial charge in [0.05, 0.1) is 25.9 Å². The number of ether oxygens (including phenoxy) is 3. The molecule has 4 heteroatoms. The summed E-state index contributed by atoms with van der Waals surface area (Å²) in [6.45, 7) is 1.23. The number of hydrogen-bond donors (Lipinski definition) is 0. The molecule has 0 aromatic heterocycles. The van der Waals surface area contributed by atoms with Gasteiger partial charge in [-0.15, -0.1) is 0 Å². The summed E-state index contributed by atoms with van der Waals surface area (Å²) in [6, 6.07) is 3.33. The maximum atomic E-state index is 10.8. The van der Waals surface area contributed by atoms with Gasteiger partial charge >= 0.3 is 0 Å². The van der Waals surface area contributed by atoms with E-state index in [9.17, 15) is 4.79 Å². The molecule has 1 heterocycles. The Hall–Kier alpha value is -1.71. The van der Waals surface area contributed by atoms with Gasteiger partial charge in [-0.3, -0.25) is 4.79 Å². The first-order chi connectivity index (χ1) is 7.35. The van der Waals surface area contributed by atoms with Gasteiger partial charge in [-0.05, 0) is 6.07 Å². The molecule has 1 aliphatic heterocycles.